The van der Waals surface area contributed by atoms with Crippen LogP contribution in [0.15, 0.2) is 18.5 Å². The van der Waals surface area contributed by atoms with E-state index < -0.39 is 0 Å². The SMILES string of the molecule is CCCc1c(Cl)ncnc1Oc1c(C)cc(Cl)cc1C. The zero-order valence-corrected chi connectivity index (χ0v) is 13.2. The van der Waals surface area contributed by atoms with Gasteiger partial charge in [0.1, 0.15) is 17.2 Å². The van der Waals surface area contributed by atoms with Gasteiger partial charge in [0.25, 0.3) is 0 Å². The van der Waals surface area contributed by atoms with Crippen LogP contribution >= 0.6 is 23.2 Å². The number of ether oxygens (including phenoxy) is 1. The minimum Gasteiger partial charge on any atom is -0.438 e. The van der Waals surface area contributed by atoms with Crippen LogP contribution in [0.1, 0.15) is 30.0 Å². The van der Waals surface area contributed by atoms with Gasteiger partial charge in [-0.1, -0.05) is 36.5 Å². The molecule has 0 atom stereocenters. The van der Waals surface area contributed by atoms with Crippen LogP contribution in [0.5, 0.6) is 11.6 Å². The summed E-state index contributed by atoms with van der Waals surface area (Å²) in [5.41, 5.74) is 2.77. The van der Waals surface area contributed by atoms with Gasteiger partial charge in [0, 0.05) is 5.02 Å². The lowest BCUT2D eigenvalue weighted by Gasteiger charge is -2.14. The number of nitrogens with zero attached hydrogens (tertiary/aromatic N) is 2. The van der Waals surface area contributed by atoms with Crippen LogP contribution in [0.2, 0.25) is 10.2 Å². The Morgan fingerprint density at radius 3 is 2.35 bits per heavy atom. The highest BCUT2D eigenvalue weighted by atomic mass is 35.5. The monoisotopic (exact) mass is 310 g/mol. The maximum Gasteiger partial charge on any atom is 0.227 e. The predicted molar refractivity (Wildman–Crippen MR) is 82.0 cm³/mol. The maximum absolute atomic E-state index is 6.13. The lowest BCUT2D eigenvalue weighted by Crippen LogP contribution is -2.00. The van der Waals surface area contributed by atoms with E-state index in [0.717, 1.165) is 35.3 Å². The summed E-state index contributed by atoms with van der Waals surface area (Å²) in [5.74, 6) is 1.28. The molecule has 0 N–H and O–H groups in total. The second kappa shape index (κ2) is 6.42. The fraction of sp³-hybridized carbons (Fsp3) is 0.333. The molecule has 1 aromatic heterocycles. The smallest absolute Gasteiger partial charge is 0.227 e. The van der Waals surface area contributed by atoms with Gasteiger partial charge in [-0.15, -0.1) is 0 Å². The molecule has 0 amide bonds. The van der Waals surface area contributed by atoms with E-state index >= 15 is 0 Å². The summed E-state index contributed by atoms with van der Waals surface area (Å²) >= 11 is 12.2. The average molecular weight is 311 g/mol. The molecule has 0 aliphatic carbocycles. The number of aryl methyl sites for hydroxylation is 2. The third-order valence-electron chi connectivity index (χ3n) is 2.98. The number of halogens is 2. The average Bonchev–Trinajstić information content (AvgIpc) is 2.37. The molecule has 1 heterocycles. The van der Waals surface area contributed by atoms with Crippen LogP contribution in [0.3, 0.4) is 0 Å². The van der Waals surface area contributed by atoms with Gasteiger partial charge in [0.15, 0.2) is 0 Å². The first-order chi connectivity index (χ1) is 9.52. The Morgan fingerprint density at radius 2 is 1.75 bits per heavy atom. The summed E-state index contributed by atoms with van der Waals surface area (Å²) in [5, 5.41) is 1.14. The Labute approximate surface area is 128 Å². The second-order valence-electron chi connectivity index (χ2n) is 4.67. The first-order valence-electron chi connectivity index (χ1n) is 6.47. The highest BCUT2D eigenvalue weighted by molar-refractivity contribution is 6.30. The summed E-state index contributed by atoms with van der Waals surface area (Å²) in [6.45, 7) is 5.99. The van der Waals surface area contributed by atoms with E-state index in [1.807, 2.05) is 26.0 Å². The molecule has 1 aromatic carbocycles. The second-order valence-corrected chi connectivity index (χ2v) is 5.46. The zero-order chi connectivity index (χ0) is 14.7. The number of hydrogen-bond acceptors (Lipinski definition) is 3. The highest BCUT2D eigenvalue weighted by Crippen LogP contribution is 2.33. The van der Waals surface area contributed by atoms with Crippen molar-refractivity contribution in [3.63, 3.8) is 0 Å². The Hall–Kier alpha value is -1.32. The van der Waals surface area contributed by atoms with E-state index in [-0.39, 0.29) is 0 Å². The normalized spacial score (nSPS) is 10.7. The minimum absolute atomic E-state index is 0.445. The van der Waals surface area contributed by atoms with Crippen molar-refractivity contribution in [2.24, 2.45) is 0 Å². The Balaban J connectivity index is 2.43. The van der Waals surface area contributed by atoms with Gasteiger partial charge in [-0.2, -0.15) is 0 Å². The highest BCUT2D eigenvalue weighted by Gasteiger charge is 2.14. The molecule has 106 valence electrons. The lowest BCUT2D eigenvalue weighted by atomic mass is 10.1. The molecule has 0 saturated heterocycles. The van der Waals surface area contributed by atoms with E-state index in [9.17, 15) is 0 Å². The fourth-order valence-corrected chi connectivity index (χ4v) is 2.63. The molecule has 2 aromatic rings. The van der Waals surface area contributed by atoms with Gasteiger partial charge in [0.05, 0.1) is 5.56 Å². The fourth-order valence-electron chi connectivity index (χ4n) is 2.08. The summed E-state index contributed by atoms with van der Waals surface area (Å²) in [7, 11) is 0. The van der Waals surface area contributed by atoms with Gasteiger partial charge in [-0.25, -0.2) is 9.97 Å². The summed E-state index contributed by atoms with van der Waals surface area (Å²) < 4.78 is 5.97. The molecule has 0 saturated carbocycles. The molecule has 2 rings (SSSR count). The van der Waals surface area contributed by atoms with Gasteiger partial charge in [-0.3, -0.25) is 0 Å². The van der Waals surface area contributed by atoms with Crippen LogP contribution in [-0.2, 0) is 6.42 Å². The molecule has 0 radical (unpaired) electrons. The zero-order valence-electron chi connectivity index (χ0n) is 11.7. The maximum atomic E-state index is 6.13. The quantitative estimate of drug-likeness (QED) is 0.733. The van der Waals surface area contributed by atoms with Crippen LogP contribution in [-0.4, -0.2) is 9.97 Å². The molecule has 0 aliphatic heterocycles. The van der Waals surface area contributed by atoms with Crippen LogP contribution < -0.4 is 4.74 Å². The largest absolute Gasteiger partial charge is 0.438 e. The summed E-state index contributed by atoms with van der Waals surface area (Å²) in [6.07, 6.45) is 3.14. The number of benzene rings is 1. The number of hydrogen-bond donors (Lipinski definition) is 0. The molecule has 20 heavy (non-hydrogen) atoms. The van der Waals surface area contributed by atoms with E-state index in [1.54, 1.807) is 0 Å². The van der Waals surface area contributed by atoms with Crippen molar-refractivity contribution < 1.29 is 4.74 Å². The van der Waals surface area contributed by atoms with E-state index in [2.05, 4.69) is 16.9 Å². The molecule has 5 heteroatoms. The molecule has 0 aliphatic rings. The first kappa shape index (κ1) is 15.1. The van der Waals surface area contributed by atoms with Crippen molar-refractivity contribution in [3.05, 3.63) is 45.3 Å². The topological polar surface area (TPSA) is 35.0 Å². The van der Waals surface area contributed by atoms with Gasteiger partial charge < -0.3 is 4.74 Å². The van der Waals surface area contributed by atoms with Crippen LogP contribution in [0, 0.1) is 13.8 Å². The third kappa shape index (κ3) is 3.22. The van der Waals surface area contributed by atoms with Crippen LogP contribution in [0.4, 0.5) is 0 Å². The molecular formula is C15H16Cl2N2O. The van der Waals surface area contributed by atoms with Crippen molar-refractivity contribution in [2.45, 2.75) is 33.6 Å². The lowest BCUT2D eigenvalue weighted by molar-refractivity contribution is 0.447. The minimum atomic E-state index is 0.445. The molecule has 0 bridgehead atoms. The third-order valence-corrected chi connectivity index (χ3v) is 3.52. The van der Waals surface area contributed by atoms with Crippen molar-refractivity contribution in [2.75, 3.05) is 0 Å². The predicted octanol–water partition coefficient (Wildman–Crippen LogP) is 5.15. The standard InChI is InChI=1S/C15H16Cl2N2O/c1-4-5-12-14(17)18-8-19-15(12)20-13-9(2)6-11(16)7-10(13)3/h6-8H,4-5H2,1-3H3. The Kier molecular flexibility index (Phi) is 4.84. The molecule has 3 nitrogen and oxygen atoms in total. The Morgan fingerprint density at radius 1 is 1.10 bits per heavy atom. The molecule has 0 spiro atoms. The van der Waals surface area contributed by atoms with Gasteiger partial charge in [0.2, 0.25) is 5.88 Å². The van der Waals surface area contributed by atoms with Crippen molar-refractivity contribution in [3.8, 4) is 11.6 Å². The molecule has 0 fully saturated rings. The number of rotatable bonds is 4. The van der Waals surface area contributed by atoms with Crippen LogP contribution in [0.25, 0.3) is 0 Å². The van der Waals surface area contributed by atoms with E-state index in [1.165, 1.54) is 6.33 Å². The van der Waals surface area contributed by atoms with E-state index in [4.69, 9.17) is 27.9 Å². The van der Waals surface area contributed by atoms with Crippen molar-refractivity contribution in [1.29, 1.82) is 0 Å². The molecular weight excluding hydrogens is 295 g/mol. The Bertz CT molecular complexity index is 606. The first-order valence-corrected chi connectivity index (χ1v) is 7.22. The number of aromatic nitrogens is 2. The summed E-state index contributed by atoms with van der Waals surface area (Å²) in [6, 6.07) is 3.73. The molecule has 0 unspecified atom stereocenters. The van der Waals surface area contributed by atoms with Gasteiger partial charge in [-0.05, 0) is 43.5 Å². The van der Waals surface area contributed by atoms with Crippen molar-refractivity contribution >= 4 is 23.2 Å². The summed E-state index contributed by atoms with van der Waals surface area (Å²) in [4.78, 5) is 8.22. The van der Waals surface area contributed by atoms with E-state index in [0.29, 0.717) is 16.1 Å². The van der Waals surface area contributed by atoms with Gasteiger partial charge >= 0.3 is 0 Å². The van der Waals surface area contributed by atoms with Crippen molar-refractivity contribution in [1.82, 2.24) is 9.97 Å².